The molecule has 1 aromatic carbocycles. The standard InChI is InChI=1S/C17H20N4O3/c1-19-11-14(10-18-19)20-4-6-21(7-5-20)17(22)9-13-2-3-15-16(8-13)24-12-23-15/h2-3,8,10-11H,4-7,9,12H2,1H3. The normalized spacial score (nSPS) is 16.5. The minimum absolute atomic E-state index is 0.153. The Morgan fingerprint density at radius 2 is 1.96 bits per heavy atom. The summed E-state index contributed by atoms with van der Waals surface area (Å²) in [5, 5.41) is 4.20. The van der Waals surface area contributed by atoms with Crippen molar-refractivity contribution in [3.05, 3.63) is 36.2 Å². The van der Waals surface area contributed by atoms with Crippen LogP contribution in [-0.4, -0.2) is 53.6 Å². The van der Waals surface area contributed by atoms with Crippen LogP contribution in [0.3, 0.4) is 0 Å². The second-order valence-electron chi connectivity index (χ2n) is 6.10. The number of benzene rings is 1. The molecule has 0 atom stereocenters. The molecule has 2 aromatic rings. The highest BCUT2D eigenvalue weighted by atomic mass is 16.7. The van der Waals surface area contributed by atoms with Crippen molar-refractivity contribution in [2.75, 3.05) is 37.9 Å². The van der Waals surface area contributed by atoms with E-state index in [1.165, 1.54) is 0 Å². The van der Waals surface area contributed by atoms with Crippen molar-refractivity contribution >= 4 is 11.6 Å². The molecule has 1 saturated heterocycles. The first-order valence-electron chi connectivity index (χ1n) is 8.09. The fraction of sp³-hybridized carbons (Fsp3) is 0.412. The van der Waals surface area contributed by atoms with Crippen LogP contribution in [-0.2, 0) is 18.3 Å². The zero-order valence-electron chi connectivity index (χ0n) is 13.6. The Morgan fingerprint density at radius 1 is 1.17 bits per heavy atom. The first-order chi connectivity index (χ1) is 11.7. The highest BCUT2D eigenvalue weighted by Gasteiger charge is 2.22. The SMILES string of the molecule is Cn1cc(N2CCN(C(=O)Cc3ccc4c(c3)OCO4)CC2)cn1. The lowest BCUT2D eigenvalue weighted by molar-refractivity contribution is -0.130. The number of hydrogen-bond donors (Lipinski definition) is 0. The van der Waals surface area contributed by atoms with E-state index in [2.05, 4.69) is 10.00 Å². The summed E-state index contributed by atoms with van der Waals surface area (Å²) in [7, 11) is 1.91. The van der Waals surface area contributed by atoms with Crippen LogP contribution in [0.5, 0.6) is 11.5 Å². The molecular formula is C17H20N4O3. The number of hydrogen-bond acceptors (Lipinski definition) is 5. The van der Waals surface area contributed by atoms with Crippen molar-refractivity contribution in [2.24, 2.45) is 7.05 Å². The second kappa shape index (κ2) is 6.07. The molecule has 2 aliphatic heterocycles. The van der Waals surface area contributed by atoms with Crippen LogP contribution >= 0.6 is 0 Å². The predicted octanol–water partition coefficient (Wildman–Crippen LogP) is 1.04. The Labute approximate surface area is 140 Å². The third kappa shape index (κ3) is 2.89. The number of aryl methyl sites for hydroxylation is 1. The van der Waals surface area contributed by atoms with Gasteiger partial charge in [-0.3, -0.25) is 9.48 Å². The van der Waals surface area contributed by atoms with Crippen molar-refractivity contribution in [3.8, 4) is 11.5 Å². The molecule has 0 radical (unpaired) electrons. The third-order valence-electron chi connectivity index (χ3n) is 4.48. The van der Waals surface area contributed by atoms with Crippen molar-refractivity contribution in [3.63, 3.8) is 0 Å². The molecule has 126 valence electrons. The van der Waals surface area contributed by atoms with Gasteiger partial charge in [0.1, 0.15) is 0 Å². The second-order valence-corrected chi connectivity index (χ2v) is 6.10. The minimum atomic E-state index is 0.153. The number of amides is 1. The quantitative estimate of drug-likeness (QED) is 0.843. The third-order valence-corrected chi connectivity index (χ3v) is 4.48. The summed E-state index contributed by atoms with van der Waals surface area (Å²) < 4.78 is 12.5. The van der Waals surface area contributed by atoms with Gasteiger partial charge >= 0.3 is 0 Å². The van der Waals surface area contributed by atoms with E-state index in [1.807, 2.05) is 42.5 Å². The molecule has 1 aromatic heterocycles. The van der Waals surface area contributed by atoms with Crippen LogP contribution < -0.4 is 14.4 Å². The Hall–Kier alpha value is -2.70. The number of nitrogens with zero attached hydrogens (tertiary/aromatic N) is 4. The van der Waals surface area contributed by atoms with Gasteiger partial charge < -0.3 is 19.3 Å². The number of fused-ring (bicyclic) bond motifs is 1. The Kier molecular flexibility index (Phi) is 3.76. The maximum atomic E-state index is 12.5. The molecule has 4 rings (SSSR count). The summed E-state index contributed by atoms with van der Waals surface area (Å²) >= 11 is 0. The van der Waals surface area contributed by atoms with Crippen molar-refractivity contribution in [2.45, 2.75) is 6.42 Å². The summed E-state index contributed by atoms with van der Waals surface area (Å²) in [6.45, 7) is 3.39. The average molecular weight is 328 g/mol. The summed E-state index contributed by atoms with van der Waals surface area (Å²) in [6.07, 6.45) is 4.26. The summed E-state index contributed by atoms with van der Waals surface area (Å²) in [5.41, 5.74) is 2.07. The predicted molar refractivity (Wildman–Crippen MR) is 88.3 cm³/mol. The molecular weight excluding hydrogens is 308 g/mol. The number of aromatic nitrogens is 2. The van der Waals surface area contributed by atoms with Crippen molar-refractivity contribution < 1.29 is 14.3 Å². The summed E-state index contributed by atoms with van der Waals surface area (Å²) in [6, 6.07) is 5.69. The van der Waals surface area contributed by atoms with Crippen LogP contribution in [0.1, 0.15) is 5.56 Å². The number of anilines is 1. The highest BCUT2D eigenvalue weighted by molar-refractivity contribution is 5.79. The monoisotopic (exact) mass is 328 g/mol. The van der Waals surface area contributed by atoms with Gasteiger partial charge in [0.25, 0.3) is 0 Å². The van der Waals surface area contributed by atoms with Crippen LogP contribution in [0, 0.1) is 0 Å². The average Bonchev–Trinajstić information content (AvgIpc) is 3.23. The van der Waals surface area contributed by atoms with Gasteiger partial charge in [0.05, 0.1) is 18.3 Å². The minimum Gasteiger partial charge on any atom is -0.454 e. The van der Waals surface area contributed by atoms with E-state index in [0.717, 1.165) is 48.9 Å². The number of carbonyl (C=O) groups is 1. The maximum absolute atomic E-state index is 12.5. The van der Waals surface area contributed by atoms with Crippen LogP contribution in [0.15, 0.2) is 30.6 Å². The molecule has 0 unspecified atom stereocenters. The zero-order chi connectivity index (χ0) is 16.5. The van der Waals surface area contributed by atoms with Gasteiger partial charge in [-0.05, 0) is 17.7 Å². The van der Waals surface area contributed by atoms with Crippen molar-refractivity contribution in [1.82, 2.24) is 14.7 Å². The smallest absolute Gasteiger partial charge is 0.231 e. The Balaban J connectivity index is 1.34. The van der Waals surface area contributed by atoms with E-state index in [0.29, 0.717) is 6.42 Å². The molecule has 1 amide bonds. The molecule has 2 aliphatic rings. The molecule has 7 heteroatoms. The number of piperazine rings is 1. The topological polar surface area (TPSA) is 59.8 Å². The van der Waals surface area contributed by atoms with E-state index >= 15 is 0 Å². The zero-order valence-corrected chi connectivity index (χ0v) is 13.6. The first-order valence-corrected chi connectivity index (χ1v) is 8.09. The van der Waals surface area contributed by atoms with Gasteiger partial charge in [0, 0.05) is 39.4 Å². The molecule has 0 saturated carbocycles. The van der Waals surface area contributed by atoms with E-state index in [4.69, 9.17) is 9.47 Å². The summed E-state index contributed by atoms with van der Waals surface area (Å²) in [5.74, 6) is 1.62. The molecule has 1 fully saturated rings. The lowest BCUT2D eigenvalue weighted by Gasteiger charge is -2.35. The number of carbonyl (C=O) groups excluding carboxylic acids is 1. The van der Waals surface area contributed by atoms with E-state index in [1.54, 1.807) is 4.68 Å². The van der Waals surface area contributed by atoms with Crippen LogP contribution in [0.2, 0.25) is 0 Å². The highest BCUT2D eigenvalue weighted by Crippen LogP contribution is 2.32. The fourth-order valence-corrected chi connectivity index (χ4v) is 3.12. The maximum Gasteiger partial charge on any atom is 0.231 e. The molecule has 0 bridgehead atoms. The Bertz CT molecular complexity index is 750. The first kappa shape index (κ1) is 14.9. The molecule has 3 heterocycles. The fourth-order valence-electron chi connectivity index (χ4n) is 3.12. The molecule has 7 nitrogen and oxygen atoms in total. The molecule has 24 heavy (non-hydrogen) atoms. The van der Waals surface area contributed by atoms with Gasteiger partial charge in [0.2, 0.25) is 12.7 Å². The summed E-state index contributed by atoms with van der Waals surface area (Å²) in [4.78, 5) is 16.7. The molecule has 0 spiro atoms. The van der Waals surface area contributed by atoms with Crippen molar-refractivity contribution in [1.29, 1.82) is 0 Å². The lowest BCUT2D eigenvalue weighted by atomic mass is 10.1. The molecule has 0 aliphatic carbocycles. The largest absolute Gasteiger partial charge is 0.454 e. The van der Waals surface area contributed by atoms with Crippen LogP contribution in [0.25, 0.3) is 0 Å². The lowest BCUT2D eigenvalue weighted by Crippen LogP contribution is -2.49. The van der Waals surface area contributed by atoms with E-state index in [9.17, 15) is 4.79 Å². The Morgan fingerprint density at radius 3 is 2.71 bits per heavy atom. The number of ether oxygens (including phenoxy) is 2. The van der Waals surface area contributed by atoms with E-state index in [-0.39, 0.29) is 12.7 Å². The van der Waals surface area contributed by atoms with Gasteiger partial charge in [0.15, 0.2) is 11.5 Å². The molecule has 0 N–H and O–H groups in total. The van der Waals surface area contributed by atoms with E-state index < -0.39 is 0 Å². The van der Waals surface area contributed by atoms with Gasteiger partial charge in [-0.25, -0.2) is 0 Å². The van der Waals surface area contributed by atoms with Gasteiger partial charge in [-0.15, -0.1) is 0 Å². The van der Waals surface area contributed by atoms with Crippen LogP contribution in [0.4, 0.5) is 5.69 Å². The van der Waals surface area contributed by atoms with Gasteiger partial charge in [-0.1, -0.05) is 6.07 Å². The van der Waals surface area contributed by atoms with Gasteiger partial charge in [-0.2, -0.15) is 5.10 Å². The number of rotatable bonds is 3.